The summed E-state index contributed by atoms with van der Waals surface area (Å²) in [4.78, 5) is 0. The molecule has 1 aliphatic carbocycles. The summed E-state index contributed by atoms with van der Waals surface area (Å²) in [6, 6.07) is 0. The molecular weight excluding hydrogens is 244 g/mol. The van der Waals surface area contributed by atoms with Crippen LogP contribution in [0.15, 0.2) is 0 Å². The summed E-state index contributed by atoms with van der Waals surface area (Å²) in [5.41, 5.74) is 0.161. The topological polar surface area (TPSA) is 47.9 Å². The van der Waals surface area contributed by atoms with E-state index >= 15 is 0 Å². The molecule has 0 spiro atoms. The normalized spacial score (nSPS) is 18.5. The summed E-state index contributed by atoms with van der Waals surface area (Å²) in [5, 5.41) is 9.61. The Morgan fingerprint density at radius 3 is 1.95 bits per heavy atom. The van der Waals surface area contributed by atoms with Crippen LogP contribution in [0.25, 0.3) is 0 Å². The Kier molecular flexibility index (Phi) is 8.62. The molecule has 1 atom stereocenters. The van der Waals surface area contributed by atoms with E-state index in [1.807, 2.05) is 6.92 Å². The smallest absolute Gasteiger partial charge is 0.0701 e. The van der Waals surface area contributed by atoms with Crippen molar-refractivity contribution in [3.05, 3.63) is 0 Å². The zero-order chi connectivity index (χ0) is 14.0. The van der Waals surface area contributed by atoms with Gasteiger partial charge < -0.3 is 19.3 Å². The van der Waals surface area contributed by atoms with Gasteiger partial charge in [0.25, 0.3) is 0 Å². The van der Waals surface area contributed by atoms with Gasteiger partial charge in [0.05, 0.1) is 32.5 Å². The van der Waals surface area contributed by atoms with Crippen LogP contribution >= 0.6 is 0 Å². The van der Waals surface area contributed by atoms with Crippen LogP contribution in [0, 0.1) is 5.41 Å². The number of hydrogen-bond acceptors (Lipinski definition) is 4. The fourth-order valence-electron chi connectivity index (χ4n) is 2.10. The van der Waals surface area contributed by atoms with E-state index in [9.17, 15) is 5.11 Å². The maximum absolute atomic E-state index is 9.61. The Morgan fingerprint density at radius 1 is 0.947 bits per heavy atom. The number of aliphatic hydroxyl groups is 1. The summed E-state index contributed by atoms with van der Waals surface area (Å²) in [6.07, 6.45) is 5.33. The third kappa shape index (κ3) is 7.25. The molecule has 0 aromatic heterocycles. The van der Waals surface area contributed by atoms with Crippen molar-refractivity contribution in [2.75, 3.05) is 39.6 Å². The van der Waals surface area contributed by atoms with Gasteiger partial charge in [-0.2, -0.15) is 0 Å². The summed E-state index contributed by atoms with van der Waals surface area (Å²) < 4.78 is 16.3. The van der Waals surface area contributed by atoms with Crippen molar-refractivity contribution >= 4 is 0 Å². The number of ether oxygens (including phenoxy) is 3. The first-order valence-electron chi connectivity index (χ1n) is 7.62. The molecule has 0 aliphatic heterocycles. The largest absolute Gasteiger partial charge is 0.393 e. The van der Waals surface area contributed by atoms with Gasteiger partial charge in [0.15, 0.2) is 0 Å². The van der Waals surface area contributed by atoms with E-state index in [2.05, 4.69) is 6.92 Å². The van der Waals surface area contributed by atoms with Gasteiger partial charge in [0.2, 0.25) is 0 Å². The first kappa shape index (κ1) is 16.9. The molecular formula is C15H30O4. The predicted octanol–water partition coefficient (Wildman–Crippen LogP) is 2.39. The molecule has 19 heavy (non-hydrogen) atoms. The Balaban J connectivity index is 1.77. The average Bonchev–Trinajstić information content (AvgIpc) is 3.17. The number of aliphatic hydroxyl groups excluding tert-OH is 1. The van der Waals surface area contributed by atoms with Gasteiger partial charge in [-0.25, -0.2) is 0 Å². The summed E-state index contributed by atoms with van der Waals surface area (Å²) in [6.45, 7) is 8.16. The molecule has 0 aromatic carbocycles. The van der Waals surface area contributed by atoms with Gasteiger partial charge in [-0.1, -0.05) is 13.3 Å². The summed E-state index contributed by atoms with van der Waals surface area (Å²) >= 11 is 0. The van der Waals surface area contributed by atoms with Gasteiger partial charge in [0.1, 0.15) is 0 Å². The minimum Gasteiger partial charge on any atom is -0.393 e. The van der Waals surface area contributed by atoms with Crippen molar-refractivity contribution in [1.29, 1.82) is 0 Å². The quantitative estimate of drug-likeness (QED) is 0.524. The summed E-state index contributed by atoms with van der Waals surface area (Å²) in [5.74, 6) is 0. The number of rotatable bonds is 13. The highest BCUT2D eigenvalue weighted by molar-refractivity contribution is 4.96. The van der Waals surface area contributed by atoms with E-state index in [0.29, 0.717) is 26.4 Å². The van der Waals surface area contributed by atoms with E-state index in [4.69, 9.17) is 14.2 Å². The molecule has 0 aromatic rings. The number of unbranched alkanes of at least 4 members (excludes halogenated alkanes) is 1. The molecule has 4 nitrogen and oxygen atoms in total. The molecule has 0 heterocycles. The molecule has 1 N–H and O–H groups in total. The van der Waals surface area contributed by atoms with Gasteiger partial charge >= 0.3 is 0 Å². The van der Waals surface area contributed by atoms with E-state index < -0.39 is 0 Å². The lowest BCUT2D eigenvalue weighted by Gasteiger charge is -2.18. The van der Waals surface area contributed by atoms with Crippen LogP contribution in [-0.4, -0.2) is 50.9 Å². The molecule has 0 bridgehead atoms. The standard InChI is InChI=1S/C15H30O4/c1-3-4-8-17-10-12-19-13-11-18-9-7-15(5-6-15)14(2)16/h14,16H,3-13H2,1-2H3. The molecule has 1 rings (SSSR count). The first-order chi connectivity index (χ1) is 9.21. The highest BCUT2D eigenvalue weighted by Gasteiger charge is 2.46. The third-order valence-electron chi connectivity index (χ3n) is 3.91. The van der Waals surface area contributed by atoms with Crippen LogP contribution in [0.2, 0.25) is 0 Å². The van der Waals surface area contributed by atoms with Crippen molar-refractivity contribution in [2.24, 2.45) is 5.41 Å². The predicted molar refractivity (Wildman–Crippen MR) is 75.3 cm³/mol. The lowest BCUT2D eigenvalue weighted by atomic mass is 9.97. The van der Waals surface area contributed by atoms with Crippen molar-refractivity contribution in [3.8, 4) is 0 Å². The number of hydrogen-bond donors (Lipinski definition) is 1. The fraction of sp³-hybridized carbons (Fsp3) is 1.00. The van der Waals surface area contributed by atoms with Crippen LogP contribution in [0.3, 0.4) is 0 Å². The second-order valence-corrected chi connectivity index (χ2v) is 5.48. The lowest BCUT2D eigenvalue weighted by Crippen LogP contribution is -2.20. The van der Waals surface area contributed by atoms with Crippen molar-refractivity contribution < 1.29 is 19.3 Å². The van der Waals surface area contributed by atoms with Crippen LogP contribution < -0.4 is 0 Å². The second-order valence-electron chi connectivity index (χ2n) is 5.48. The van der Waals surface area contributed by atoms with Crippen molar-refractivity contribution in [1.82, 2.24) is 0 Å². The molecule has 1 unspecified atom stereocenters. The second kappa shape index (κ2) is 9.70. The monoisotopic (exact) mass is 274 g/mol. The fourth-order valence-corrected chi connectivity index (χ4v) is 2.10. The highest BCUT2D eigenvalue weighted by atomic mass is 16.5. The van der Waals surface area contributed by atoms with E-state index in [1.165, 1.54) is 6.42 Å². The molecule has 114 valence electrons. The summed E-state index contributed by atoms with van der Waals surface area (Å²) in [7, 11) is 0. The van der Waals surface area contributed by atoms with Gasteiger partial charge in [-0.3, -0.25) is 0 Å². The van der Waals surface area contributed by atoms with Crippen LogP contribution in [0.4, 0.5) is 0 Å². The molecule has 0 radical (unpaired) electrons. The SMILES string of the molecule is CCCCOCCOCCOCCC1(C(C)O)CC1. The molecule has 0 amide bonds. The zero-order valence-corrected chi connectivity index (χ0v) is 12.5. The highest BCUT2D eigenvalue weighted by Crippen LogP contribution is 2.51. The van der Waals surface area contributed by atoms with Gasteiger partial charge in [-0.15, -0.1) is 0 Å². The van der Waals surface area contributed by atoms with Crippen molar-refractivity contribution in [2.45, 2.75) is 52.1 Å². The van der Waals surface area contributed by atoms with Gasteiger partial charge in [-0.05, 0) is 38.0 Å². The molecule has 1 saturated carbocycles. The zero-order valence-electron chi connectivity index (χ0n) is 12.5. The Morgan fingerprint density at radius 2 is 1.47 bits per heavy atom. The minimum atomic E-state index is -0.201. The average molecular weight is 274 g/mol. The van der Waals surface area contributed by atoms with Crippen molar-refractivity contribution in [3.63, 3.8) is 0 Å². The minimum absolute atomic E-state index is 0.161. The van der Waals surface area contributed by atoms with Crippen LogP contribution in [0.1, 0.15) is 46.0 Å². The first-order valence-corrected chi connectivity index (χ1v) is 7.62. The third-order valence-corrected chi connectivity index (χ3v) is 3.91. The Labute approximate surface area is 117 Å². The van der Waals surface area contributed by atoms with Crippen LogP contribution in [0.5, 0.6) is 0 Å². The maximum atomic E-state index is 9.61. The molecule has 4 heteroatoms. The molecule has 1 aliphatic rings. The Bertz CT molecular complexity index is 214. The molecule has 0 saturated heterocycles. The van der Waals surface area contributed by atoms with Gasteiger partial charge in [0, 0.05) is 13.2 Å². The van der Waals surface area contributed by atoms with E-state index in [-0.39, 0.29) is 11.5 Å². The molecule has 1 fully saturated rings. The van der Waals surface area contributed by atoms with Crippen LogP contribution in [-0.2, 0) is 14.2 Å². The lowest BCUT2D eigenvalue weighted by molar-refractivity contribution is 0.00573. The maximum Gasteiger partial charge on any atom is 0.0701 e. The van der Waals surface area contributed by atoms with E-state index in [1.54, 1.807) is 0 Å². The van der Waals surface area contributed by atoms with E-state index in [0.717, 1.165) is 38.9 Å². The Hall–Kier alpha value is -0.160.